The van der Waals surface area contributed by atoms with Crippen LogP contribution in [0, 0.1) is 0 Å². The van der Waals surface area contributed by atoms with Gasteiger partial charge >= 0.3 is 7.82 Å². The lowest BCUT2D eigenvalue weighted by Gasteiger charge is -2.41. The van der Waals surface area contributed by atoms with Gasteiger partial charge in [0.15, 0.2) is 0 Å². The zero-order valence-electron chi connectivity index (χ0n) is 36.4. The van der Waals surface area contributed by atoms with Gasteiger partial charge in [0.2, 0.25) is 5.91 Å². The largest absolute Gasteiger partial charge is 0.472 e. The molecule has 346 valence electrons. The molecule has 1 rings (SSSR count). The van der Waals surface area contributed by atoms with Crippen LogP contribution in [0.4, 0.5) is 0 Å². The second kappa shape index (κ2) is 35.0. The molecule has 1 amide bonds. The molecule has 0 aromatic carbocycles. The zero-order valence-corrected chi connectivity index (χ0v) is 37.3. The molecule has 0 bridgehead atoms. The van der Waals surface area contributed by atoms with Crippen molar-refractivity contribution in [3.8, 4) is 0 Å². The maximum absolute atomic E-state index is 13.0. The van der Waals surface area contributed by atoms with Crippen LogP contribution in [0.2, 0.25) is 0 Å². The van der Waals surface area contributed by atoms with Gasteiger partial charge < -0.3 is 46.0 Å². The number of carbonyl (C=O) groups excluding carboxylic acids is 1. The van der Waals surface area contributed by atoms with Crippen molar-refractivity contribution < 1.29 is 59.0 Å². The molecule has 1 aliphatic rings. The summed E-state index contributed by atoms with van der Waals surface area (Å²) >= 11 is 0. The zero-order chi connectivity index (χ0) is 43.7. The average molecular weight is 862 g/mol. The number of aliphatic hydroxyl groups excluding tert-OH is 7. The Morgan fingerprint density at radius 2 is 1.00 bits per heavy atom. The summed E-state index contributed by atoms with van der Waals surface area (Å²) in [6, 6.07) is -1.26. The van der Waals surface area contributed by atoms with Gasteiger partial charge in [0, 0.05) is 0 Å². The van der Waals surface area contributed by atoms with Crippen LogP contribution in [0.3, 0.4) is 0 Å². The fraction of sp³-hybridized carbons (Fsp3) is 0.844. The van der Waals surface area contributed by atoms with Gasteiger partial charge in [-0.05, 0) is 38.5 Å². The number of amides is 1. The van der Waals surface area contributed by atoms with Crippen LogP contribution in [-0.4, -0.2) is 108 Å². The van der Waals surface area contributed by atoms with Crippen molar-refractivity contribution in [2.75, 3.05) is 6.61 Å². The monoisotopic (exact) mass is 862 g/mol. The number of phosphoric acid groups is 1. The summed E-state index contributed by atoms with van der Waals surface area (Å²) in [4.78, 5) is 23.4. The van der Waals surface area contributed by atoms with Crippen molar-refractivity contribution in [1.29, 1.82) is 0 Å². The summed E-state index contributed by atoms with van der Waals surface area (Å²) in [7, 11) is -5.15. The van der Waals surface area contributed by atoms with Crippen LogP contribution in [0.25, 0.3) is 0 Å². The lowest BCUT2D eigenvalue weighted by molar-refractivity contribution is -0.220. The summed E-state index contributed by atoms with van der Waals surface area (Å²) in [5.74, 6) is -0.607. The Kier molecular flexibility index (Phi) is 33.0. The number of rotatable bonds is 37. The fourth-order valence-corrected chi connectivity index (χ4v) is 8.13. The Bertz CT molecular complexity index is 1160. The maximum atomic E-state index is 13.0. The van der Waals surface area contributed by atoms with Crippen LogP contribution in [0.1, 0.15) is 181 Å². The molecule has 1 aliphatic carbocycles. The average Bonchev–Trinajstić information content (AvgIpc) is 3.21. The molecule has 1 saturated carbocycles. The maximum Gasteiger partial charge on any atom is 0.472 e. The van der Waals surface area contributed by atoms with E-state index < -0.39 is 75.2 Å². The van der Waals surface area contributed by atoms with E-state index in [-0.39, 0.29) is 6.42 Å². The topological polar surface area (TPSA) is 226 Å². The molecule has 0 spiro atoms. The van der Waals surface area contributed by atoms with Crippen molar-refractivity contribution in [3.05, 3.63) is 36.5 Å². The molecule has 0 aliphatic heterocycles. The van der Waals surface area contributed by atoms with Crippen LogP contribution in [-0.2, 0) is 18.4 Å². The van der Waals surface area contributed by atoms with E-state index in [2.05, 4.69) is 37.4 Å². The van der Waals surface area contributed by atoms with Gasteiger partial charge in [-0.1, -0.05) is 172 Å². The summed E-state index contributed by atoms with van der Waals surface area (Å²) in [6.07, 6.45) is 25.4. The number of nitrogens with one attached hydrogen (secondary N) is 1. The van der Waals surface area contributed by atoms with Crippen LogP contribution < -0.4 is 5.32 Å². The minimum atomic E-state index is -5.15. The summed E-state index contributed by atoms with van der Waals surface area (Å²) in [5, 5.41) is 74.3. The van der Waals surface area contributed by atoms with Crippen LogP contribution >= 0.6 is 7.82 Å². The fourth-order valence-electron chi connectivity index (χ4n) is 7.16. The number of unbranched alkanes of at least 4 members (excludes halogenated alkanes) is 20. The van der Waals surface area contributed by atoms with Crippen molar-refractivity contribution in [3.63, 3.8) is 0 Å². The van der Waals surface area contributed by atoms with Gasteiger partial charge in [0.25, 0.3) is 0 Å². The molecule has 0 aromatic rings. The quantitative estimate of drug-likeness (QED) is 0.0170. The van der Waals surface area contributed by atoms with Crippen LogP contribution in [0.5, 0.6) is 0 Å². The van der Waals surface area contributed by atoms with Gasteiger partial charge in [-0.25, -0.2) is 4.57 Å². The smallest absolute Gasteiger partial charge is 0.393 e. The first-order valence-corrected chi connectivity index (χ1v) is 24.5. The first-order valence-electron chi connectivity index (χ1n) is 23.0. The molecule has 0 radical (unpaired) electrons. The third kappa shape index (κ3) is 27.2. The Labute approximate surface area is 356 Å². The van der Waals surface area contributed by atoms with Gasteiger partial charge in [-0.3, -0.25) is 13.8 Å². The molecule has 59 heavy (non-hydrogen) atoms. The first-order chi connectivity index (χ1) is 28.3. The van der Waals surface area contributed by atoms with E-state index in [1.165, 1.54) is 96.0 Å². The van der Waals surface area contributed by atoms with Crippen molar-refractivity contribution in [1.82, 2.24) is 5.32 Å². The van der Waals surface area contributed by atoms with Crippen LogP contribution in [0.15, 0.2) is 36.5 Å². The normalized spacial score (nSPS) is 23.9. The lowest BCUT2D eigenvalue weighted by Crippen LogP contribution is -2.64. The molecule has 8 atom stereocenters. The second-order valence-corrected chi connectivity index (χ2v) is 17.8. The SMILES string of the molecule is CCC/C=C/CC/C=C/CC/C=C/C(O)C(COP(=O)(O)OC1C(O)C(O)C(O)C(O)C1O)NC(=O)CC(O)CCCCCCCCCCCCCCCCCCCC. The molecule has 0 heterocycles. The highest BCUT2D eigenvalue weighted by atomic mass is 31.2. The van der Waals surface area contributed by atoms with Crippen molar-refractivity contribution in [2.24, 2.45) is 0 Å². The van der Waals surface area contributed by atoms with E-state index in [1.807, 2.05) is 6.08 Å². The summed E-state index contributed by atoms with van der Waals surface area (Å²) < 4.78 is 22.8. The van der Waals surface area contributed by atoms with Gasteiger partial charge in [0.05, 0.1) is 31.3 Å². The van der Waals surface area contributed by atoms with Gasteiger partial charge in [-0.2, -0.15) is 0 Å². The molecule has 9 N–H and O–H groups in total. The molecule has 14 heteroatoms. The third-order valence-electron chi connectivity index (χ3n) is 10.9. The van der Waals surface area contributed by atoms with E-state index >= 15 is 0 Å². The molecule has 8 unspecified atom stereocenters. The number of hydrogen-bond acceptors (Lipinski definition) is 11. The standard InChI is InChI=1S/C45H84NO12P/c1-3-5-7-9-11-13-15-16-17-18-19-20-21-23-24-26-28-30-32-36(47)34-39(49)46-37(38(48)33-31-29-27-25-22-14-12-10-8-6-4-2)35-57-59(55,56)58-45-43(53)41(51)40(50)42(52)44(45)54/h8,10,22,25,31,33,36-38,40-45,47-48,50-54H,3-7,9,11-21,23-24,26-30,32,34-35H2,1-2H3,(H,46,49)(H,55,56)/b10-8+,25-22+,33-31+. The Balaban J connectivity index is 2.51. The number of phosphoric ester groups is 1. The third-order valence-corrected chi connectivity index (χ3v) is 11.9. The highest BCUT2D eigenvalue weighted by Crippen LogP contribution is 2.47. The van der Waals surface area contributed by atoms with E-state index in [1.54, 1.807) is 6.08 Å². The Hall–Kier alpha value is -1.48. The van der Waals surface area contributed by atoms with E-state index in [4.69, 9.17) is 9.05 Å². The number of carbonyl (C=O) groups is 1. The molecule has 1 fully saturated rings. The molecule has 13 nitrogen and oxygen atoms in total. The minimum absolute atomic E-state index is 0.254. The molecular weight excluding hydrogens is 777 g/mol. The number of hydrogen-bond donors (Lipinski definition) is 9. The summed E-state index contributed by atoms with van der Waals surface area (Å²) in [5.41, 5.74) is 0. The predicted molar refractivity (Wildman–Crippen MR) is 233 cm³/mol. The highest BCUT2D eigenvalue weighted by molar-refractivity contribution is 7.47. The molecule has 0 aromatic heterocycles. The van der Waals surface area contributed by atoms with Crippen molar-refractivity contribution >= 4 is 13.7 Å². The highest BCUT2D eigenvalue weighted by Gasteiger charge is 2.51. The molecular formula is C45H84NO12P. The van der Waals surface area contributed by atoms with Gasteiger partial charge in [-0.15, -0.1) is 0 Å². The second-order valence-electron chi connectivity index (χ2n) is 16.4. The van der Waals surface area contributed by atoms with Gasteiger partial charge in [0.1, 0.15) is 36.6 Å². The summed E-state index contributed by atoms with van der Waals surface area (Å²) in [6.45, 7) is 3.64. The van der Waals surface area contributed by atoms with E-state index in [9.17, 15) is 50.0 Å². The Morgan fingerprint density at radius 1 is 0.593 bits per heavy atom. The minimum Gasteiger partial charge on any atom is -0.393 e. The Morgan fingerprint density at radius 3 is 1.46 bits per heavy atom. The first kappa shape index (κ1) is 55.5. The number of allylic oxidation sites excluding steroid dienone is 5. The van der Waals surface area contributed by atoms with E-state index in [0.29, 0.717) is 19.3 Å². The predicted octanol–water partition coefficient (Wildman–Crippen LogP) is 7.36. The molecule has 0 saturated heterocycles. The van der Waals surface area contributed by atoms with Crippen molar-refractivity contribution in [2.45, 2.75) is 236 Å². The lowest BCUT2D eigenvalue weighted by atomic mass is 9.85. The van der Waals surface area contributed by atoms with E-state index in [0.717, 1.165) is 51.4 Å². The number of aliphatic hydroxyl groups is 7.